The lowest BCUT2D eigenvalue weighted by Crippen LogP contribution is -2.41. The van der Waals surface area contributed by atoms with E-state index < -0.39 is 5.43 Å². The van der Waals surface area contributed by atoms with Gasteiger partial charge in [-0.1, -0.05) is 31.4 Å². The molecule has 6 nitrogen and oxygen atoms in total. The Bertz CT molecular complexity index is 931. The quantitative estimate of drug-likeness (QED) is 0.762. The van der Waals surface area contributed by atoms with E-state index in [4.69, 9.17) is 0 Å². The third kappa shape index (κ3) is 3.93. The van der Waals surface area contributed by atoms with Crippen molar-refractivity contribution in [2.24, 2.45) is 0 Å². The first-order valence-corrected chi connectivity index (χ1v) is 10.7. The fraction of sp³-hybridized carbons (Fsp3) is 0.522. The maximum absolute atomic E-state index is 12.8. The van der Waals surface area contributed by atoms with E-state index in [0.29, 0.717) is 29.5 Å². The van der Waals surface area contributed by atoms with Crippen molar-refractivity contribution < 1.29 is 4.79 Å². The molecule has 1 saturated heterocycles. The predicted molar refractivity (Wildman–Crippen MR) is 116 cm³/mol. The van der Waals surface area contributed by atoms with Gasteiger partial charge in [-0.25, -0.2) is 0 Å². The number of carbonyl (C=O) groups excluding carboxylic acids is 1. The van der Waals surface area contributed by atoms with Crippen molar-refractivity contribution in [3.63, 3.8) is 0 Å². The van der Waals surface area contributed by atoms with Gasteiger partial charge in [0.25, 0.3) is 16.8 Å². The van der Waals surface area contributed by atoms with Crippen molar-refractivity contribution >= 4 is 17.3 Å². The molecule has 2 aromatic rings. The zero-order chi connectivity index (χ0) is 20.4. The molecule has 1 aliphatic carbocycles. The molecule has 0 unspecified atom stereocenters. The Hall–Kier alpha value is -2.63. The Balaban J connectivity index is 1.38. The molecule has 154 valence electrons. The number of hydrogen-bond acceptors (Lipinski definition) is 5. The highest BCUT2D eigenvalue weighted by Crippen LogP contribution is 2.25. The van der Waals surface area contributed by atoms with Crippen LogP contribution in [0.5, 0.6) is 0 Å². The highest BCUT2D eigenvalue weighted by Gasteiger charge is 2.27. The third-order valence-corrected chi connectivity index (χ3v) is 6.42. The first-order chi connectivity index (χ1) is 14.1. The number of amides is 1. The maximum atomic E-state index is 12.8. The average Bonchev–Trinajstić information content (AvgIpc) is 3.29. The van der Waals surface area contributed by atoms with E-state index in [1.165, 1.54) is 19.3 Å². The zero-order valence-electron chi connectivity index (χ0n) is 17.1. The van der Waals surface area contributed by atoms with Crippen molar-refractivity contribution in [1.29, 1.82) is 0 Å². The summed E-state index contributed by atoms with van der Waals surface area (Å²) in [6.45, 7) is 2.13. The van der Waals surface area contributed by atoms with E-state index in [-0.39, 0.29) is 11.3 Å². The number of benzene rings is 1. The second kappa shape index (κ2) is 8.39. The van der Waals surface area contributed by atoms with Crippen LogP contribution in [0.15, 0.2) is 33.9 Å². The van der Waals surface area contributed by atoms with Crippen LogP contribution in [0.25, 0.3) is 0 Å². The minimum atomic E-state index is -0.423. The van der Waals surface area contributed by atoms with Gasteiger partial charge in [-0.2, -0.15) is 0 Å². The molecule has 0 radical (unpaired) electrons. The molecule has 4 rings (SSSR count). The molecule has 0 atom stereocenters. The van der Waals surface area contributed by atoms with Crippen LogP contribution in [-0.4, -0.2) is 37.0 Å². The van der Waals surface area contributed by atoms with E-state index in [2.05, 4.69) is 5.32 Å². The van der Waals surface area contributed by atoms with E-state index in [9.17, 15) is 14.4 Å². The van der Waals surface area contributed by atoms with Gasteiger partial charge in [-0.15, -0.1) is 0 Å². The normalized spacial score (nSPS) is 17.6. The lowest BCUT2D eigenvalue weighted by molar-refractivity contribution is 0.0696. The molecule has 0 aromatic heterocycles. The molecule has 1 amide bonds. The molecule has 29 heavy (non-hydrogen) atoms. The summed E-state index contributed by atoms with van der Waals surface area (Å²) in [5.41, 5.74) is 1.85. The average molecular weight is 396 g/mol. The Labute approximate surface area is 171 Å². The van der Waals surface area contributed by atoms with Gasteiger partial charge in [-0.3, -0.25) is 14.4 Å². The summed E-state index contributed by atoms with van der Waals surface area (Å²) in [6.07, 6.45) is 7.96. The number of nitrogens with zero attached hydrogens (tertiary/aromatic N) is 2. The second-order valence-electron chi connectivity index (χ2n) is 8.33. The fourth-order valence-corrected chi connectivity index (χ4v) is 4.58. The molecule has 2 fully saturated rings. The van der Waals surface area contributed by atoms with E-state index >= 15 is 0 Å². The summed E-state index contributed by atoms with van der Waals surface area (Å²) in [6, 6.07) is 7.87. The summed E-state index contributed by atoms with van der Waals surface area (Å²) in [5, 5.41) is 3.14. The Morgan fingerprint density at radius 2 is 1.66 bits per heavy atom. The number of carbonyl (C=O) groups is 1. The highest BCUT2D eigenvalue weighted by atomic mass is 16.2. The van der Waals surface area contributed by atoms with Crippen molar-refractivity contribution in [2.45, 2.75) is 57.5 Å². The van der Waals surface area contributed by atoms with Gasteiger partial charge in [0.05, 0.1) is 0 Å². The minimum absolute atomic E-state index is 0.0650. The van der Waals surface area contributed by atoms with Crippen LogP contribution in [0.3, 0.4) is 0 Å². The highest BCUT2D eigenvalue weighted by molar-refractivity contribution is 5.94. The Morgan fingerprint density at radius 1 is 1.00 bits per heavy atom. The van der Waals surface area contributed by atoms with Crippen molar-refractivity contribution in [1.82, 2.24) is 4.90 Å². The summed E-state index contributed by atoms with van der Waals surface area (Å²) in [5.74, 6) is 0.0650. The first-order valence-electron chi connectivity index (χ1n) is 10.7. The molecule has 6 heteroatoms. The molecule has 0 spiro atoms. The number of anilines is 2. The van der Waals surface area contributed by atoms with E-state index in [1.807, 2.05) is 41.1 Å². The summed E-state index contributed by atoms with van der Waals surface area (Å²) >= 11 is 0. The van der Waals surface area contributed by atoms with Crippen LogP contribution in [0, 0.1) is 0 Å². The molecule has 1 saturated carbocycles. The number of hydrogen-bond donors (Lipinski definition) is 1. The molecular weight excluding hydrogens is 366 g/mol. The maximum Gasteiger partial charge on any atom is 0.253 e. The van der Waals surface area contributed by atoms with Gasteiger partial charge in [0.2, 0.25) is 0 Å². The number of nitrogens with one attached hydrogen (secondary N) is 1. The summed E-state index contributed by atoms with van der Waals surface area (Å²) < 4.78 is 0. The molecule has 0 bridgehead atoms. The Kier molecular flexibility index (Phi) is 5.69. The molecule has 1 N–H and O–H groups in total. The zero-order valence-corrected chi connectivity index (χ0v) is 17.1. The van der Waals surface area contributed by atoms with Gasteiger partial charge in [0, 0.05) is 38.3 Å². The lowest BCUT2D eigenvalue weighted by Gasteiger charge is -2.31. The standard InChI is InChI=1S/C23H29N3O3/c1-25(18-7-3-2-4-8-18)23(29)17-11-9-16(10-12-17)15-24-19-20(22(28)21(19)27)26-13-5-6-14-26/h9-12,18,24H,2-8,13-15H2,1H3. The molecule has 1 heterocycles. The SMILES string of the molecule is CN(C(=O)c1ccc(CNc2c(N3CCCC3)c(=O)c2=O)cc1)C1CCCCC1. The van der Waals surface area contributed by atoms with E-state index in [1.54, 1.807) is 0 Å². The minimum Gasteiger partial charge on any atom is -0.376 e. The summed E-state index contributed by atoms with van der Waals surface area (Å²) in [4.78, 5) is 40.6. The Morgan fingerprint density at radius 3 is 2.31 bits per heavy atom. The van der Waals surface area contributed by atoms with Crippen LogP contribution in [0.1, 0.15) is 60.9 Å². The summed E-state index contributed by atoms with van der Waals surface area (Å²) in [7, 11) is 1.90. The largest absolute Gasteiger partial charge is 0.376 e. The number of rotatable bonds is 6. The fourth-order valence-electron chi connectivity index (χ4n) is 4.58. The van der Waals surface area contributed by atoms with Gasteiger partial charge in [0.15, 0.2) is 0 Å². The molecule has 2 aromatic carbocycles. The third-order valence-electron chi connectivity index (χ3n) is 6.42. The molecule has 1 aliphatic heterocycles. The second-order valence-corrected chi connectivity index (χ2v) is 8.33. The van der Waals surface area contributed by atoms with Crippen molar-refractivity contribution in [3.05, 3.63) is 55.8 Å². The molecule has 2 aliphatic rings. The van der Waals surface area contributed by atoms with Crippen molar-refractivity contribution in [3.8, 4) is 0 Å². The lowest BCUT2D eigenvalue weighted by atomic mass is 9.94. The van der Waals surface area contributed by atoms with Gasteiger partial charge >= 0.3 is 0 Å². The predicted octanol–water partition coefficient (Wildman–Crippen LogP) is 2.90. The van der Waals surface area contributed by atoms with Crippen LogP contribution >= 0.6 is 0 Å². The topological polar surface area (TPSA) is 69.7 Å². The van der Waals surface area contributed by atoms with Gasteiger partial charge < -0.3 is 15.1 Å². The van der Waals surface area contributed by atoms with Crippen LogP contribution in [-0.2, 0) is 6.54 Å². The van der Waals surface area contributed by atoms with Crippen LogP contribution in [0.2, 0.25) is 0 Å². The van der Waals surface area contributed by atoms with Crippen LogP contribution < -0.4 is 21.1 Å². The monoisotopic (exact) mass is 395 g/mol. The van der Waals surface area contributed by atoms with Gasteiger partial charge in [0.1, 0.15) is 11.4 Å². The van der Waals surface area contributed by atoms with Crippen LogP contribution in [0.4, 0.5) is 11.4 Å². The van der Waals surface area contributed by atoms with Gasteiger partial charge in [-0.05, 0) is 43.4 Å². The smallest absolute Gasteiger partial charge is 0.253 e. The van der Waals surface area contributed by atoms with Crippen molar-refractivity contribution in [2.75, 3.05) is 30.4 Å². The van der Waals surface area contributed by atoms with E-state index in [0.717, 1.165) is 44.3 Å². The molecular formula is C23H29N3O3. The first kappa shape index (κ1) is 19.7.